The summed E-state index contributed by atoms with van der Waals surface area (Å²) in [4.78, 5) is 35.0. The number of methoxy groups -OCH3 is 1. The van der Waals surface area contributed by atoms with Crippen molar-refractivity contribution in [1.29, 1.82) is 0 Å². The van der Waals surface area contributed by atoms with Crippen molar-refractivity contribution in [2.45, 2.75) is 32.2 Å². The van der Waals surface area contributed by atoms with Crippen LogP contribution >= 0.6 is 22.9 Å². The zero-order valence-corrected chi connectivity index (χ0v) is 12.8. The minimum atomic E-state index is -0.387. The smallest absolute Gasteiger partial charge is 0.307 e. The van der Waals surface area contributed by atoms with Crippen molar-refractivity contribution >= 4 is 40.6 Å². The van der Waals surface area contributed by atoms with Gasteiger partial charge in [-0.25, -0.2) is 0 Å². The van der Waals surface area contributed by atoms with Crippen LogP contribution in [0.4, 0.5) is 0 Å². The van der Waals surface area contributed by atoms with Crippen molar-refractivity contribution in [3.63, 3.8) is 0 Å². The zero-order chi connectivity index (χ0) is 15.1. The Morgan fingerprint density at radius 3 is 2.60 bits per heavy atom. The summed E-state index contributed by atoms with van der Waals surface area (Å²) in [5.74, 6) is -0.766. The van der Waals surface area contributed by atoms with Crippen molar-refractivity contribution in [1.82, 2.24) is 5.32 Å². The second kappa shape index (κ2) is 8.01. The first-order valence-electron chi connectivity index (χ1n) is 6.07. The number of esters is 1. The van der Waals surface area contributed by atoms with E-state index in [0.29, 0.717) is 9.21 Å². The molecule has 0 fully saturated rings. The fraction of sp³-hybridized carbons (Fsp3) is 0.462. The van der Waals surface area contributed by atoms with E-state index in [2.05, 4.69) is 10.1 Å². The lowest BCUT2D eigenvalue weighted by Gasteiger charge is -2.12. The molecule has 1 atom stereocenters. The minimum Gasteiger partial charge on any atom is -0.469 e. The molecule has 0 saturated heterocycles. The molecule has 1 aromatic heterocycles. The van der Waals surface area contributed by atoms with E-state index in [1.807, 2.05) is 0 Å². The van der Waals surface area contributed by atoms with Crippen molar-refractivity contribution < 1.29 is 19.1 Å². The molecule has 0 spiro atoms. The fourth-order valence-corrected chi connectivity index (χ4v) is 2.56. The Kier molecular flexibility index (Phi) is 6.67. The van der Waals surface area contributed by atoms with Gasteiger partial charge in [0.2, 0.25) is 5.91 Å². The third kappa shape index (κ3) is 5.71. The van der Waals surface area contributed by atoms with Crippen LogP contribution in [0.5, 0.6) is 0 Å². The predicted molar refractivity (Wildman–Crippen MR) is 77.1 cm³/mol. The molecule has 1 amide bonds. The molecule has 5 nitrogen and oxygen atoms in total. The van der Waals surface area contributed by atoms with Gasteiger partial charge in [-0.2, -0.15) is 0 Å². The molecule has 1 unspecified atom stereocenters. The lowest BCUT2D eigenvalue weighted by molar-refractivity contribution is -0.141. The number of halogens is 1. The van der Waals surface area contributed by atoms with Crippen LogP contribution in [-0.4, -0.2) is 30.8 Å². The highest BCUT2D eigenvalue weighted by molar-refractivity contribution is 7.18. The van der Waals surface area contributed by atoms with Gasteiger partial charge < -0.3 is 10.1 Å². The van der Waals surface area contributed by atoms with Gasteiger partial charge in [0, 0.05) is 18.9 Å². The highest BCUT2D eigenvalue weighted by Crippen LogP contribution is 2.22. The number of amides is 1. The number of carbonyl (C=O) groups is 3. The zero-order valence-electron chi connectivity index (χ0n) is 11.3. The van der Waals surface area contributed by atoms with Gasteiger partial charge in [-0.15, -0.1) is 11.3 Å². The fourth-order valence-electron chi connectivity index (χ4n) is 1.55. The normalized spacial score (nSPS) is 11.8. The predicted octanol–water partition coefficient (Wildman–Crippen LogP) is 2.43. The van der Waals surface area contributed by atoms with E-state index in [1.54, 1.807) is 19.1 Å². The van der Waals surface area contributed by atoms with Crippen LogP contribution in [0.15, 0.2) is 12.1 Å². The van der Waals surface area contributed by atoms with Crippen molar-refractivity contribution in [3.8, 4) is 0 Å². The van der Waals surface area contributed by atoms with Crippen LogP contribution in [-0.2, 0) is 14.3 Å². The Balaban J connectivity index is 2.32. The van der Waals surface area contributed by atoms with E-state index in [1.165, 1.54) is 18.4 Å². The highest BCUT2D eigenvalue weighted by Gasteiger charge is 2.14. The maximum Gasteiger partial charge on any atom is 0.307 e. The third-order valence-electron chi connectivity index (χ3n) is 2.54. The lowest BCUT2D eigenvalue weighted by atomic mass is 10.1. The summed E-state index contributed by atoms with van der Waals surface area (Å²) < 4.78 is 5.05. The molecule has 0 aliphatic heterocycles. The average molecular weight is 318 g/mol. The van der Waals surface area contributed by atoms with Crippen molar-refractivity contribution in [2.24, 2.45) is 0 Å². The summed E-state index contributed by atoms with van der Waals surface area (Å²) in [7, 11) is 1.29. The Morgan fingerprint density at radius 2 is 2.05 bits per heavy atom. The van der Waals surface area contributed by atoms with E-state index in [-0.39, 0.29) is 43.0 Å². The first kappa shape index (κ1) is 16.7. The van der Waals surface area contributed by atoms with Crippen LogP contribution in [0, 0.1) is 0 Å². The number of hydrogen-bond donors (Lipinski definition) is 1. The van der Waals surface area contributed by atoms with Gasteiger partial charge in [0.25, 0.3) is 0 Å². The summed E-state index contributed by atoms with van der Waals surface area (Å²) in [6.45, 7) is 1.70. The molecule has 0 saturated carbocycles. The van der Waals surface area contributed by atoms with E-state index in [0.717, 1.165) is 0 Å². The maximum absolute atomic E-state index is 11.8. The van der Waals surface area contributed by atoms with Crippen LogP contribution in [0.2, 0.25) is 4.34 Å². The molecule has 1 rings (SSSR count). The number of rotatable bonds is 7. The van der Waals surface area contributed by atoms with Crippen LogP contribution in [0.25, 0.3) is 0 Å². The first-order valence-corrected chi connectivity index (χ1v) is 7.26. The molecule has 0 radical (unpaired) electrons. The standard InChI is InChI=1S/C13H16ClNO4S/c1-8(7-13(18)19-2)15-12(17)6-3-9(16)10-4-5-11(14)20-10/h4-5,8H,3,6-7H2,1-2H3,(H,15,17). The monoisotopic (exact) mass is 317 g/mol. The maximum atomic E-state index is 11.8. The lowest BCUT2D eigenvalue weighted by Crippen LogP contribution is -2.34. The second-order valence-electron chi connectivity index (χ2n) is 4.28. The largest absolute Gasteiger partial charge is 0.469 e. The SMILES string of the molecule is COC(=O)CC(C)NC(=O)CCC(=O)c1ccc(Cl)s1. The molecule has 110 valence electrons. The molecule has 1 N–H and O–H groups in total. The number of hydrogen-bond acceptors (Lipinski definition) is 5. The van der Waals surface area contributed by atoms with Gasteiger partial charge in [-0.1, -0.05) is 11.6 Å². The quantitative estimate of drug-likeness (QED) is 0.619. The van der Waals surface area contributed by atoms with Gasteiger partial charge in [0.05, 0.1) is 22.7 Å². The average Bonchev–Trinajstić information content (AvgIpc) is 2.82. The van der Waals surface area contributed by atoms with Gasteiger partial charge in [0.15, 0.2) is 5.78 Å². The molecule has 0 aliphatic carbocycles. The van der Waals surface area contributed by atoms with Crippen molar-refractivity contribution in [3.05, 3.63) is 21.3 Å². The van der Waals surface area contributed by atoms with Crippen molar-refractivity contribution in [2.75, 3.05) is 7.11 Å². The molecule has 20 heavy (non-hydrogen) atoms. The molecule has 1 aromatic rings. The van der Waals surface area contributed by atoms with Crippen LogP contribution in [0.1, 0.15) is 35.9 Å². The first-order chi connectivity index (χ1) is 9.42. The number of ketones is 1. The van der Waals surface area contributed by atoms with E-state index in [9.17, 15) is 14.4 Å². The Bertz CT molecular complexity index is 500. The van der Waals surface area contributed by atoms with E-state index < -0.39 is 0 Å². The van der Waals surface area contributed by atoms with Crippen LogP contribution < -0.4 is 5.32 Å². The summed E-state index contributed by atoms with van der Waals surface area (Å²) in [5, 5.41) is 2.64. The highest BCUT2D eigenvalue weighted by atomic mass is 35.5. The molecule has 0 bridgehead atoms. The van der Waals surface area contributed by atoms with Gasteiger partial charge in [0.1, 0.15) is 0 Å². The van der Waals surface area contributed by atoms with E-state index >= 15 is 0 Å². The Labute approximate surface area is 126 Å². The van der Waals surface area contributed by atoms with Crippen LogP contribution in [0.3, 0.4) is 0 Å². The van der Waals surface area contributed by atoms with Gasteiger partial charge in [-0.3, -0.25) is 14.4 Å². The minimum absolute atomic E-state index is 0.0832. The number of ether oxygens (including phenoxy) is 1. The Hall–Kier alpha value is -1.40. The molecular weight excluding hydrogens is 302 g/mol. The summed E-state index contributed by atoms with van der Waals surface area (Å²) in [6.07, 6.45) is 0.310. The third-order valence-corrected chi connectivity index (χ3v) is 3.81. The summed E-state index contributed by atoms with van der Waals surface area (Å²) in [6, 6.07) is 2.98. The number of carbonyl (C=O) groups excluding carboxylic acids is 3. The Morgan fingerprint density at radius 1 is 1.35 bits per heavy atom. The molecule has 7 heteroatoms. The molecule has 0 aromatic carbocycles. The molecule has 1 heterocycles. The summed E-state index contributed by atoms with van der Waals surface area (Å²) >= 11 is 6.94. The number of thiophene rings is 1. The second-order valence-corrected chi connectivity index (χ2v) is 5.99. The van der Waals surface area contributed by atoms with E-state index in [4.69, 9.17) is 11.6 Å². The van der Waals surface area contributed by atoms with Gasteiger partial charge >= 0.3 is 5.97 Å². The summed E-state index contributed by atoms with van der Waals surface area (Å²) in [5.41, 5.74) is 0. The van der Waals surface area contributed by atoms with Gasteiger partial charge in [-0.05, 0) is 19.1 Å². The topological polar surface area (TPSA) is 72.5 Å². The molecular formula is C13H16ClNO4S. The number of nitrogens with one attached hydrogen (secondary N) is 1. The number of Topliss-reactive ketones (excluding diaryl/α,β-unsaturated/α-hetero) is 1. The molecule has 0 aliphatic rings.